The lowest BCUT2D eigenvalue weighted by atomic mass is 10.3. The van der Waals surface area contributed by atoms with Crippen molar-refractivity contribution in [2.75, 3.05) is 11.9 Å². The molecule has 0 aromatic carbocycles. The molecule has 5 heteroatoms. The van der Waals surface area contributed by atoms with Gasteiger partial charge >= 0.3 is 6.03 Å². The molecule has 1 aromatic rings. The van der Waals surface area contributed by atoms with E-state index in [2.05, 4.69) is 22.5 Å². The van der Waals surface area contributed by atoms with Crippen molar-refractivity contribution < 1.29 is 4.79 Å². The molecule has 84 valence electrons. The van der Waals surface area contributed by atoms with Crippen LogP contribution in [0.15, 0.2) is 0 Å². The van der Waals surface area contributed by atoms with Gasteiger partial charge in [0.05, 0.1) is 5.69 Å². The third-order valence-electron chi connectivity index (χ3n) is 1.98. The van der Waals surface area contributed by atoms with E-state index in [1.54, 1.807) is 0 Å². The second kappa shape index (κ2) is 5.70. The number of rotatable bonds is 4. The van der Waals surface area contributed by atoms with Crippen LogP contribution < -0.4 is 10.6 Å². The van der Waals surface area contributed by atoms with Crippen molar-refractivity contribution >= 4 is 22.5 Å². The van der Waals surface area contributed by atoms with E-state index in [0.29, 0.717) is 11.7 Å². The van der Waals surface area contributed by atoms with Crippen molar-refractivity contribution in [3.63, 3.8) is 0 Å². The van der Waals surface area contributed by atoms with Crippen molar-refractivity contribution in [1.29, 1.82) is 0 Å². The lowest BCUT2D eigenvalue weighted by Gasteiger charge is -2.02. The minimum absolute atomic E-state index is 0.173. The predicted molar refractivity (Wildman–Crippen MR) is 63.5 cm³/mol. The molecule has 1 heterocycles. The first-order valence-electron chi connectivity index (χ1n) is 5.18. The van der Waals surface area contributed by atoms with Crippen LogP contribution >= 0.6 is 11.3 Å². The molecule has 0 bridgehead atoms. The molecule has 0 unspecified atom stereocenters. The number of urea groups is 1. The van der Waals surface area contributed by atoms with Gasteiger partial charge in [-0.15, -0.1) is 11.3 Å². The SMILES string of the molecule is CCCNC(=O)Nc1nc(CC)c(C)s1. The standard InChI is InChI=1S/C10H17N3OS/c1-4-6-11-9(14)13-10-12-8(5-2)7(3)15-10/h4-6H2,1-3H3,(H2,11,12,13,14). The summed E-state index contributed by atoms with van der Waals surface area (Å²) < 4.78 is 0. The maximum Gasteiger partial charge on any atom is 0.321 e. The molecular weight excluding hydrogens is 210 g/mol. The molecular formula is C10H17N3OS. The maximum absolute atomic E-state index is 11.3. The van der Waals surface area contributed by atoms with Gasteiger partial charge in [0.1, 0.15) is 0 Å². The molecule has 0 aliphatic carbocycles. The number of carbonyl (C=O) groups excluding carboxylic acids is 1. The summed E-state index contributed by atoms with van der Waals surface area (Å²) in [5.74, 6) is 0. The first-order valence-corrected chi connectivity index (χ1v) is 6.00. The molecule has 0 radical (unpaired) electrons. The van der Waals surface area contributed by atoms with Gasteiger partial charge in [0.2, 0.25) is 0 Å². The van der Waals surface area contributed by atoms with Crippen LogP contribution in [0.2, 0.25) is 0 Å². The Labute approximate surface area is 94.1 Å². The fourth-order valence-corrected chi connectivity index (χ4v) is 2.09. The number of amides is 2. The number of nitrogens with zero attached hydrogens (tertiary/aromatic N) is 1. The number of aromatic nitrogens is 1. The highest BCUT2D eigenvalue weighted by molar-refractivity contribution is 7.15. The Morgan fingerprint density at radius 1 is 1.47 bits per heavy atom. The normalized spacial score (nSPS) is 10.1. The molecule has 2 amide bonds. The highest BCUT2D eigenvalue weighted by Crippen LogP contribution is 2.21. The Kier molecular flexibility index (Phi) is 4.55. The van der Waals surface area contributed by atoms with E-state index in [-0.39, 0.29) is 6.03 Å². The lowest BCUT2D eigenvalue weighted by Crippen LogP contribution is -2.29. The predicted octanol–water partition coefficient (Wildman–Crippen LogP) is 2.55. The summed E-state index contributed by atoms with van der Waals surface area (Å²) in [5.41, 5.74) is 1.06. The fourth-order valence-electron chi connectivity index (χ4n) is 1.19. The van der Waals surface area contributed by atoms with E-state index >= 15 is 0 Å². The molecule has 15 heavy (non-hydrogen) atoms. The summed E-state index contributed by atoms with van der Waals surface area (Å²) in [6.45, 7) is 6.79. The van der Waals surface area contributed by atoms with Crippen LogP contribution in [0.25, 0.3) is 0 Å². The third kappa shape index (κ3) is 3.51. The van der Waals surface area contributed by atoms with Gasteiger partial charge in [0, 0.05) is 11.4 Å². The number of hydrogen-bond donors (Lipinski definition) is 2. The maximum atomic E-state index is 11.3. The van der Waals surface area contributed by atoms with Gasteiger partial charge in [0.25, 0.3) is 0 Å². The van der Waals surface area contributed by atoms with Crippen molar-refractivity contribution in [2.24, 2.45) is 0 Å². The van der Waals surface area contributed by atoms with Gasteiger partial charge < -0.3 is 5.32 Å². The fraction of sp³-hybridized carbons (Fsp3) is 0.600. The monoisotopic (exact) mass is 227 g/mol. The number of nitrogens with one attached hydrogen (secondary N) is 2. The molecule has 0 aliphatic heterocycles. The van der Waals surface area contributed by atoms with Crippen molar-refractivity contribution in [2.45, 2.75) is 33.6 Å². The number of anilines is 1. The van der Waals surface area contributed by atoms with Gasteiger partial charge in [-0.05, 0) is 19.8 Å². The Balaban J connectivity index is 2.53. The van der Waals surface area contributed by atoms with E-state index in [9.17, 15) is 4.79 Å². The van der Waals surface area contributed by atoms with Crippen LogP contribution in [0.5, 0.6) is 0 Å². The second-order valence-electron chi connectivity index (χ2n) is 3.26. The minimum Gasteiger partial charge on any atom is -0.338 e. The summed E-state index contributed by atoms with van der Waals surface area (Å²) in [6, 6.07) is -0.173. The van der Waals surface area contributed by atoms with E-state index < -0.39 is 0 Å². The van der Waals surface area contributed by atoms with Crippen LogP contribution in [0.1, 0.15) is 30.8 Å². The Morgan fingerprint density at radius 3 is 2.73 bits per heavy atom. The first-order chi connectivity index (χ1) is 7.17. The van der Waals surface area contributed by atoms with Crippen LogP contribution in [-0.2, 0) is 6.42 Å². The van der Waals surface area contributed by atoms with Gasteiger partial charge in [-0.3, -0.25) is 5.32 Å². The Bertz CT molecular complexity index is 335. The largest absolute Gasteiger partial charge is 0.338 e. The van der Waals surface area contributed by atoms with E-state index in [4.69, 9.17) is 0 Å². The van der Waals surface area contributed by atoms with Crippen molar-refractivity contribution in [3.05, 3.63) is 10.6 Å². The van der Waals surface area contributed by atoms with Crippen LogP contribution in [0, 0.1) is 6.92 Å². The average Bonchev–Trinajstić information content (AvgIpc) is 2.55. The zero-order valence-electron chi connectivity index (χ0n) is 9.39. The smallest absolute Gasteiger partial charge is 0.321 e. The minimum atomic E-state index is -0.173. The topological polar surface area (TPSA) is 54.0 Å². The highest BCUT2D eigenvalue weighted by atomic mass is 32.1. The Morgan fingerprint density at radius 2 is 2.20 bits per heavy atom. The molecule has 0 saturated carbocycles. The van der Waals surface area contributed by atoms with Gasteiger partial charge in [0.15, 0.2) is 5.13 Å². The Hall–Kier alpha value is -1.10. The summed E-state index contributed by atoms with van der Waals surface area (Å²) in [5, 5.41) is 6.15. The summed E-state index contributed by atoms with van der Waals surface area (Å²) in [4.78, 5) is 16.8. The summed E-state index contributed by atoms with van der Waals surface area (Å²) >= 11 is 1.52. The van der Waals surface area contributed by atoms with Gasteiger partial charge in [-0.2, -0.15) is 0 Å². The highest BCUT2D eigenvalue weighted by Gasteiger charge is 2.07. The molecule has 0 fully saturated rings. The van der Waals surface area contributed by atoms with Crippen molar-refractivity contribution in [3.8, 4) is 0 Å². The molecule has 4 nitrogen and oxygen atoms in total. The zero-order valence-corrected chi connectivity index (χ0v) is 10.2. The average molecular weight is 227 g/mol. The summed E-state index contributed by atoms with van der Waals surface area (Å²) in [7, 11) is 0. The molecule has 0 atom stereocenters. The van der Waals surface area contributed by atoms with Crippen molar-refractivity contribution in [1.82, 2.24) is 10.3 Å². The number of carbonyl (C=O) groups is 1. The van der Waals surface area contributed by atoms with E-state index in [1.165, 1.54) is 16.2 Å². The molecule has 0 spiro atoms. The molecule has 1 rings (SSSR count). The quantitative estimate of drug-likeness (QED) is 0.830. The molecule has 2 N–H and O–H groups in total. The lowest BCUT2D eigenvalue weighted by molar-refractivity contribution is 0.252. The van der Waals surface area contributed by atoms with Crippen LogP contribution in [0.3, 0.4) is 0 Å². The molecule has 0 saturated heterocycles. The second-order valence-corrected chi connectivity index (χ2v) is 4.46. The molecule has 1 aromatic heterocycles. The number of aryl methyl sites for hydroxylation is 2. The van der Waals surface area contributed by atoms with E-state index in [0.717, 1.165) is 18.5 Å². The first kappa shape index (κ1) is 12.0. The van der Waals surface area contributed by atoms with Crippen LogP contribution in [0.4, 0.5) is 9.93 Å². The number of hydrogen-bond acceptors (Lipinski definition) is 3. The third-order valence-corrected chi connectivity index (χ3v) is 2.91. The summed E-state index contributed by atoms with van der Waals surface area (Å²) in [6.07, 6.45) is 1.84. The van der Waals surface area contributed by atoms with Gasteiger partial charge in [-0.1, -0.05) is 13.8 Å². The van der Waals surface area contributed by atoms with Gasteiger partial charge in [-0.25, -0.2) is 9.78 Å². The van der Waals surface area contributed by atoms with Crippen LogP contribution in [-0.4, -0.2) is 17.6 Å². The number of thiazole rings is 1. The molecule has 0 aliphatic rings. The zero-order chi connectivity index (χ0) is 11.3. The van der Waals surface area contributed by atoms with E-state index in [1.807, 2.05) is 13.8 Å².